The number of ether oxygens (including phenoxy) is 1. The Labute approximate surface area is 172 Å². The number of primary amides is 1. The molecule has 2 heterocycles. The molecule has 1 aliphatic rings. The van der Waals surface area contributed by atoms with E-state index in [-0.39, 0.29) is 24.1 Å². The number of benzene rings is 1. The lowest BCUT2D eigenvalue weighted by molar-refractivity contribution is -0.118. The van der Waals surface area contributed by atoms with Crippen LogP contribution in [0.5, 0.6) is 5.75 Å². The lowest BCUT2D eigenvalue weighted by Gasteiger charge is -2.27. The monoisotopic (exact) mass is 417 g/mol. The number of carbonyl (C=O) groups is 3. The van der Waals surface area contributed by atoms with Gasteiger partial charge in [-0.05, 0) is 18.2 Å². The van der Waals surface area contributed by atoms with E-state index in [4.69, 9.17) is 22.1 Å². The van der Waals surface area contributed by atoms with Crippen molar-refractivity contribution in [2.75, 3.05) is 25.5 Å². The molecular weight excluding hydrogens is 398 g/mol. The third-order valence-electron chi connectivity index (χ3n) is 4.28. The van der Waals surface area contributed by atoms with Crippen LogP contribution in [0, 0.1) is 0 Å². The standard InChI is InChI=1S/C19H20ClN5O4/c1-25(10-15(21)26)18(27)14-6-3-7-16(22-14)24-19(28)23-13-8-9-29-17-11(13)4-2-5-12(17)20/h2-7,13H,8-10H2,1H3,(H2,21,26)(H2,22,23,24,28)/t13-/m0/s1. The molecule has 2 aromatic rings. The minimum absolute atomic E-state index is 0.0785. The zero-order valence-electron chi connectivity index (χ0n) is 15.6. The summed E-state index contributed by atoms with van der Waals surface area (Å²) in [4.78, 5) is 41.0. The molecule has 10 heteroatoms. The quantitative estimate of drug-likeness (QED) is 0.685. The number of fused-ring (bicyclic) bond motifs is 1. The summed E-state index contributed by atoms with van der Waals surface area (Å²) in [7, 11) is 1.44. The van der Waals surface area contributed by atoms with E-state index < -0.39 is 17.8 Å². The fourth-order valence-electron chi connectivity index (χ4n) is 2.97. The minimum atomic E-state index is -0.633. The van der Waals surface area contributed by atoms with Gasteiger partial charge in [-0.1, -0.05) is 29.8 Å². The maximum absolute atomic E-state index is 12.4. The summed E-state index contributed by atoms with van der Waals surface area (Å²) in [6.07, 6.45) is 0.588. The minimum Gasteiger partial charge on any atom is -0.492 e. The van der Waals surface area contributed by atoms with E-state index in [1.807, 2.05) is 6.07 Å². The van der Waals surface area contributed by atoms with Gasteiger partial charge >= 0.3 is 6.03 Å². The van der Waals surface area contributed by atoms with Crippen LogP contribution in [-0.2, 0) is 4.79 Å². The molecule has 1 atom stereocenters. The van der Waals surface area contributed by atoms with Crippen LogP contribution in [0.3, 0.4) is 0 Å². The van der Waals surface area contributed by atoms with Gasteiger partial charge in [0.25, 0.3) is 5.91 Å². The van der Waals surface area contributed by atoms with E-state index in [2.05, 4.69) is 15.6 Å². The second-order valence-electron chi connectivity index (χ2n) is 6.48. The smallest absolute Gasteiger partial charge is 0.320 e. The van der Waals surface area contributed by atoms with Crippen LogP contribution >= 0.6 is 11.6 Å². The molecule has 0 aliphatic carbocycles. The van der Waals surface area contributed by atoms with Crippen molar-refractivity contribution in [1.82, 2.24) is 15.2 Å². The number of hydrogen-bond acceptors (Lipinski definition) is 5. The van der Waals surface area contributed by atoms with E-state index in [1.54, 1.807) is 24.3 Å². The molecule has 4 amide bonds. The number of carbonyl (C=O) groups excluding carboxylic acids is 3. The number of amides is 4. The largest absolute Gasteiger partial charge is 0.492 e. The number of nitrogens with zero attached hydrogens (tertiary/aromatic N) is 2. The van der Waals surface area contributed by atoms with Crippen molar-refractivity contribution in [2.24, 2.45) is 5.73 Å². The van der Waals surface area contributed by atoms with Gasteiger partial charge in [0.05, 0.1) is 24.2 Å². The highest BCUT2D eigenvalue weighted by Gasteiger charge is 2.25. The number of hydrogen-bond donors (Lipinski definition) is 3. The Morgan fingerprint density at radius 1 is 1.28 bits per heavy atom. The maximum atomic E-state index is 12.4. The van der Waals surface area contributed by atoms with Crippen LogP contribution in [0.15, 0.2) is 36.4 Å². The molecule has 152 valence electrons. The summed E-state index contributed by atoms with van der Waals surface area (Å²) in [6, 6.07) is 9.23. The highest BCUT2D eigenvalue weighted by Crippen LogP contribution is 2.37. The van der Waals surface area contributed by atoms with Crippen molar-refractivity contribution >= 4 is 35.3 Å². The van der Waals surface area contributed by atoms with Crippen LogP contribution in [0.2, 0.25) is 5.02 Å². The van der Waals surface area contributed by atoms with Gasteiger partial charge in [-0.2, -0.15) is 0 Å². The van der Waals surface area contributed by atoms with Gasteiger partial charge in [-0.3, -0.25) is 14.9 Å². The van der Waals surface area contributed by atoms with Crippen molar-refractivity contribution in [2.45, 2.75) is 12.5 Å². The Hall–Kier alpha value is -3.33. The molecule has 0 saturated heterocycles. The average molecular weight is 418 g/mol. The van der Waals surface area contributed by atoms with Gasteiger partial charge in [0.1, 0.15) is 17.3 Å². The predicted molar refractivity (Wildman–Crippen MR) is 107 cm³/mol. The second kappa shape index (κ2) is 8.78. The zero-order valence-corrected chi connectivity index (χ0v) is 16.4. The number of urea groups is 1. The number of halogens is 1. The molecule has 4 N–H and O–H groups in total. The van der Waals surface area contributed by atoms with Crippen LogP contribution in [-0.4, -0.2) is 47.9 Å². The maximum Gasteiger partial charge on any atom is 0.320 e. The second-order valence-corrected chi connectivity index (χ2v) is 6.89. The Morgan fingerprint density at radius 2 is 2.03 bits per heavy atom. The third kappa shape index (κ3) is 4.94. The Bertz CT molecular complexity index is 952. The first kappa shape index (κ1) is 20.4. The number of pyridine rings is 1. The molecule has 1 aromatic heterocycles. The van der Waals surface area contributed by atoms with E-state index in [0.717, 1.165) is 10.5 Å². The summed E-state index contributed by atoms with van der Waals surface area (Å²) >= 11 is 6.15. The number of rotatable bonds is 5. The summed E-state index contributed by atoms with van der Waals surface area (Å²) in [5, 5.41) is 5.96. The molecule has 29 heavy (non-hydrogen) atoms. The van der Waals surface area contributed by atoms with Crippen molar-refractivity contribution in [3.8, 4) is 5.75 Å². The van der Waals surface area contributed by atoms with Crippen molar-refractivity contribution < 1.29 is 19.1 Å². The normalized spacial score (nSPS) is 14.9. The lowest BCUT2D eigenvalue weighted by Crippen LogP contribution is -2.36. The Morgan fingerprint density at radius 3 is 2.79 bits per heavy atom. The van der Waals surface area contributed by atoms with Gasteiger partial charge < -0.3 is 20.7 Å². The molecule has 9 nitrogen and oxygen atoms in total. The van der Waals surface area contributed by atoms with Gasteiger partial charge in [-0.25, -0.2) is 9.78 Å². The molecule has 0 bridgehead atoms. The average Bonchev–Trinajstić information content (AvgIpc) is 2.68. The van der Waals surface area contributed by atoms with Gasteiger partial charge in [0.15, 0.2) is 0 Å². The van der Waals surface area contributed by atoms with Gasteiger partial charge in [-0.15, -0.1) is 0 Å². The Kier molecular flexibility index (Phi) is 6.18. The van der Waals surface area contributed by atoms with Crippen molar-refractivity contribution in [3.63, 3.8) is 0 Å². The van der Waals surface area contributed by atoms with Crippen LogP contribution in [0.25, 0.3) is 0 Å². The molecule has 0 fully saturated rings. The van der Waals surface area contributed by atoms with E-state index in [9.17, 15) is 14.4 Å². The van der Waals surface area contributed by atoms with E-state index >= 15 is 0 Å². The molecule has 3 rings (SSSR count). The SMILES string of the molecule is CN(CC(N)=O)C(=O)c1cccc(NC(=O)N[C@H]2CCOc3c(Cl)cccc32)n1. The van der Waals surface area contributed by atoms with E-state index in [0.29, 0.717) is 23.8 Å². The number of nitrogens with one attached hydrogen (secondary N) is 2. The first-order valence-corrected chi connectivity index (χ1v) is 9.22. The molecule has 0 unspecified atom stereocenters. The first-order valence-electron chi connectivity index (χ1n) is 8.84. The van der Waals surface area contributed by atoms with Gasteiger partial charge in [0.2, 0.25) is 5.91 Å². The number of aromatic nitrogens is 1. The molecule has 0 radical (unpaired) electrons. The zero-order chi connectivity index (χ0) is 21.0. The molecule has 1 aromatic carbocycles. The number of nitrogens with two attached hydrogens (primary N) is 1. The van der Waals surface area contributed by atoms with Crippen LogP contribution < -0.4 is 21.1 Å². The molecule has 0 spiro atoms. The highest BCUT2D eigenvalue weighted by molar-refractivity contribution is 6.32. The Balaban J connectivity index is 1.67. The highest BCUT2D eigenvalue weighted by atomic mass is 35.5. The van der Waals surface area contributed by atoms with Crippen molar-refractivity contribution in [3.05, 3.63) is 52.7 Å². The summed E-state index contributed by atoms with van der Waals surface area (Å²) < 4.78 is 5.59. The summed E-state index contributed by atoms with van der Waals surface area (Å²) in [5.74, 6) is -0.361. The fraction of sp³-hybridized carbons (Fsp3) is 0.263. The molecule has 0 saturated carbocycles. The summed E-state index contributed by atoms with van der Waals surface area (Å²) in [6.45, 7) is 0.195. The number of anilines is 1. The lowest BCUT2D eigenvalue weighted by atomic mass is 10.0. The summed E-state index contributed by atoms with van der Waals surface area (Å²) in [5.41, 5.74) is 5.98. The fourth-order valence-corrected chi connectivity index (χ4v) is 3.21. The first-order chi connectivity index (χ1) is 13.8. The van der Waals surface area contributed by atoms with Gasteiger partial charge in [0, 0.05) is 19.0 Å². The van der Waals surface area contributed by atoms with E-state index in [1.165, 1.54) is 13.1 Å². The predicted octanol–water partition coefficient (Wildman–Crippen LogP) is 1.94. The number of likely N-dealkylation sites (N-methyl/N-ethyl adjacent to an activating group) is 1. The van der Waals surface area contributed by atoms with Crippen LogP contribution in [0.4, 0.5) is 10.6 Å². The number of para-hydroxylation sites is 1. The van der Waals surface area contributed by atoms with Crippen molar-refractivity contribution in [1.29, 1.82) is 0 Å². The molecular formula is C19H20ClN5O4. The van der Waals surface area contributed by atoms with Crippen LogP contribution in [0.1, 0.15) is 28.5 Å². The topological polar surface area (TPSA) is 127 Å². The third-order valence-corrected chi connectivity index (χ3v) is 4.58. The molecule has 1 aliphatic heterocycles.